The summed E-state index contributed by atoms with van der Waals surface area (Å²) in [6.07, 6.45) is 1.06. The molecule has 0 aliphatic carbocycles. The lowest BCUT2D eigenvalue weighted by molar-refractivity contribution is 0.144. The maximum Gasteiger partial charge on any atom is 0.0744 e. The Bertz CT molecular complexity index is 331. The number of hydrogen-bond donors (Lipinski definition) is 1. The highest BCUT2D eigenvalue weighted by molar-refractivity contribution is 9.10. The summed E-state index contributed by atoms with van der Waals surface area (Å²) in [5, 5.41) is 3.36. The monoisotopic (exact) mass is 301 g/mol. The van der Waals surface area contributed by atoms with Crippen molar-refractivity contribution in [2.75, 3.05) is 32.2 Å². The molecule has 4 heteroatoms. The van der Waals surface area contributed by atoms with Gasteiger partial charge in [0.25, 0.3) is 0 Å². The molecule has 0 saturated carbocycles. The van der Waals surface area contributed by atoms with Gasteiger partial charge >= 0.3 is 0 Å². The lowest BCUT2D eigenvalue weighted by atomic mass is 10.2. The molecular weight excluding hydrogens is 282 g/mol. The number of hydrogen-bond acceptors (Lipinski definition) is 3. The van der Waals surface area contributed by atoms with Crippen LogP contribution in [0.1, 0.15) is 18.9 Å². The van der Waals surface area contributed by atoms with Crippen molar-refractivity contribution < 1.29 is 9.47 Å². The highest BCUT2D eigenvalue weighted by Crippen LogP contribution is 2.25. The summed E-state index contributed by atoms with van der Waals surface area (Å²) >= 11 is 3.53. The molecule has 0 amide bonds. The zero-order chi connectivity index (χ0) is 12.5. The van der Waals surface area contributed by atoms with Crippen molar-refractivity contribution in [3.05, 3.63) is 28.2 Å². The molecule has 0 heterocycles. The molecule has 1 aromatic carbocycles. The van der Waals surface area contributed by atoms with Gasteiger partial charge in [-0.2, -0.15) is 0 Å². The van der Waals surface area contributed by atoms with E-state index in [1.807, 2.05) is 12.1 Å². The molecule has 3 nitrogen and oxygen atoms in total. The third kappa shape index (κ3) is 5.06. The molecule has 0 atom stereocenters. The second kappa shape index (κ2) is 8.50. The quantitative estimate of drug-likeness (QED) is 0.746. The van der Waals surface area contributed by atoms with Gasteiger partial charge in [-0.05, 0) is 18.6 Å². The number of methoxy groups -OCH3 is 1. The van der Waals surface area contributed by atoms with Crippen LogP contribution in [-0.2, 0) is 16.1 Å². The van der Waals surface area contributed by atoms with Crippen molar-refractivity contribution in [3.8, 4) is 0 Å². The van der Waals surface area contributed by atoms with Crippen LogP contribution >= 0.6 is 15.9 Å². The molecule has 0 aromatic heterocycles. The van der Waals surface area contributed by atoms with Crippen molar-refractivity contribution in [2.45, 2.75) is 20.0 Å². The SMILES string of the molecule is CCCOCCNc1cccc(Br)c1COC. The first-order valence-electron chi connectivity index (χ1n) is 5.87. The summed E-state index contributed by atoms with van der Waals surface area (Å²) in [4.78, 5) is 0. The predicted molar refractivity (Wildman–Crippen MR) is 74.5 cm³/mol. The Morgan fingerprint density at radius 2 is 2.12 bits per heavy atom. The fourth-order valence-electron chi connectivity index (χ4n) is 1.52. The summed E-state index contributed by atoms with van der Waals surface area (Å²) in [6, 6.07) is 6.09. The van der Waals surface area contributed by atoms with E-state index in [0.717, 1.165) is 41.9 Å². The van der Waals surface area contributed by atoms with Crippen molar-refractivity contribution in [1.82, 2.24) is 0 Å². The van der Waals surface area contributed by atoms with Crippen LogP contribution < -0.4 is 5.32 Å². The molecular formula is C13H20BrNO2. The first kappa shape index (κ1) is 14.5. The van der Waals surface area contributed by atoms with E-state index in [1.54, 1.807) is 7.11 Å². The maximum absolute atomic E-state index is 5.43. The fraction of sp³-hybridized carbons (Fsp3) is 0.538. The predicted octanol–water partition coefficient (Wildman–Crippen LogP) is 3.43. The largest absolute Gasteiger partial charge is 0.382 e. The van der Waals surface area contributed by atoms with E-state index in [2.05, 4.69) is 34.2 Å². The average Bonchev–Trinajstić information content (AvgIpc) is 2.33. The Balaban J connectivity index is 2.48. The van der Waals surface area contributed by atoms with Crippen LogP contribution in [-0.4, -0.2) is 26.9 Å². The summed E-state index contributed by atoms with van der Waals surface area (Å²) in [5.41, 5.74) is 2.24. The third-order valence-corrected chi connectivity index (χ3v) is 3.06. The Labute approximate surface area is 112 Å². The molecule has 1 aromatic rings. The van der Waals surface area contributed by atoms with Gasteiger partial charge in [0.05, 0.1) is 13.2 Å². The van der Waals surface area contributed by atoms with Crippen molar-refractivity contribution in [2.24, 2.45) is 0 Å². The number of rotatable bonds is 8. The van der Waals surface area contributed by atoms with Crippen molar-refractivity contribution in [1.29, 1.82) is 0 Å². The molecule has 96 valence electrons. The van der Waals surface area contributed by atoms with E-state index < -0.39 is 0 Å². The zero-order valence-corrected chi connectivity index (χ0v) is 12.0. The van der Waals surface area contributed by atoms with Crippen molar-refractivity contribution in [3.63, 3.8) is 0 Å². The molecule has 0 unspecified atom stereocenters. The van der Waals surface area contributed by atoms with Crippen molar-refractivity contribution >= 4 is 21.6 Å². The minimum absolute atomic E-state index is 0.597. The molecule has 0 aliphatic heterocycles. The van der Waals surface area contributed by atoms with Gasteiger partial charge in [0.1, 0.15) is 0 Å². The normalized spacial score (nSPS) is 10.5. The topological polar surface area (TPSA) is 30.5 Å². The summed E-state index contributed by atoms with van der Waals surface area (Å²) < 4.78 is 11.7. The van der Waals surface area contributed by atoms with Crippen LogP contribution in [0.15, 0.2) is 22.7 Å². The number of anilines is 1. The van der Waals surface area contributed by atoms with Crippen LogP contribution in [0.4, 0.5) is 5.69 Å². The average molecular weight is 302 g/mol. The highest BCUT2D eigenvalue weighted by atomic mass is 79.9. The lowest BCUT2D eigenvalue weighted by Gasteiger charge is -2.13. The highest BCUT2D eigenvalue weighted by Gasteiger charge is 2.05. The fourth-order valence-corrected chi connectivity index (χ4v) is 2.00. The van der Waals surface area contributed by atoms with Crippen LogP contribution in [0.25, 0.3) is 0 Å². The number of nitrogens with one attached hydrogen (secondary N) is 1. The lowest BCUT2D eigenvalue weighted by Crippen LogP contribution is -2.11. The first-order valence-corrected chi connectivity index (χ1v) is 6.66. The molecule has 0 spiro atoms. The standard InChI is InChI=1S/C13H20BrNO2/c1-3-8-17-9-7-15-13-6-4-5-12(14)11(13)10-16-2/h4-6,15H,3,7-10H2,1-2H3. The van der Waals surface area contributed by atoms with Gasteiger partial charge in [0, 0.05) is 36.0 Å². The van der Waals surface area contributed by atoms with E-state index in [1.165, 1.54) is 0 Å². The van der Waals surface area contributed by atoms with Gasteiger partial charge in [-0.25, -0.2) is 0 Å². The number of ether oxygens (including phenoxy) is 2. The Hall–Kier alpha value is -0.580. The number of halogens is 1. The minimum atomic E-state index is 0.597. The van der Waals surface area contributed by atoms with E-state index in [0.29, 0.717) is 6.61 Å². The van der Waals surface area contributed by atoms with Crippen LogP contribution in [0.2, 0.25) is 0 Å². The second-order valence-corrected chi connectivity index (χ2v) is 4.59. The smallest absolute Gasteiger partial charge is 0.0744 e. The van der Waals surface area contributed by atoms with Gasteiger partial charge < -0.3 is 14.8 Å². The summed E-state index contributed by atoms with van der Waals surface area (Å²) in [5.74, 6) is 0. The number of benzene rings is 1. The van der Waals surface area contributed by atoms with E-state index in [4.69, 9.17) is 9.47 Å². The molecule has 0 aliphatic rings. The van der Waals surface area contributed by atoms with Gasteiger partial charge in [-0.15, -0.1) is 0 Å². The van der Waals surface area contributed by atoms with E-state index in [-0.39, 0.29) is 0 Å². The molecule has 1 rings (SSSR count). The van der Waals surface area contributed by atoms with E-state index in [9.17, 15) is 0 Å². The van der Waals surface area contributed by atoms with Crippen LogP contribution in [0.5, 0.6) is 0 Å². The molecule has 1 N–H and O–H groups in total. The minimum Gasteiger partial charge on any atom is -0.382 e. The summed E-state index contributed by atoms with van der Waals surface area (Å²) in [6.45, 7) is 5.07. The van der Waals surface area contributed by atoms with Gasteiger partial charge in [0.15, 0.2) is 0 Å². The van der Waals surface area contributed by atoms with Crippen LogP contribution in [0.3, 0.4) is 0 Å². The van der Waals surface area contributed by atoms with E-state index >= 15 is 0 Å². The molecule has 17 heavy (non-hydrogen) atoms. The Kier molecular flexibility index (Phi) is 7.24. The first-order chi connectivity index (χ1) is 8.29. The van der Waals surface area contributed by atoms with Gasteiger partial charge in [-0.3, -0.25) is 0 Å². The molecule has 0 fully saturated rings. The molecule has 0 radical (unpaired) electrons. The second-order valence-electron chi connectivity index (χ2n) is 3.74. The molecule has 0 saturated heterocycles. The molecule has 0 bridgehead atoms. The maximum atomic E-state index is 5.43. The van der Waals surface area contributed by atoms with Gasteiger partial charge in [0.2, 0.25) is 0 Å². The summed E-state index contributed by atoms with van der Waals surface area (Å²) in [7, 11) is 1.70. The Morgan fingerprint density at radius 3 is 2.82 bits per heavy atom. The zero-order valence-electron chi connectivity index (χ0n) is 10.5. The van der Waals surface area contributed by atoms with Gasteiger partial charge in [-0.1, -0.05) is 28.9 Å². The Morgan fingerprint density at radius 1 is 1.29 bits per heavy atom. The third-order valence-electron chi connectivity index (χ3n) is 2.32. The van der Waals surface area contributed by atoms with Crippen LogP contribution in [0, 0.1) is 0 Å².